The average molecular weight is 284 g/mol. The molecule has 0 atom stereocenters. The highest BCUT2D eigenvalue weighted by Gasteiger charge is 2.20. The predicted molar refractivity (Wildman–Crippen MR) is 74.0 cm³/mol. The summed E-state index contributed by atoms with van der Waals surface area (Å²) in [5, 5.41) is 12.5. The molecule has 1 aromatic rings. The molecular formula is C13H18ClN3O2. The standard InChI is InChI=1S/C13H18ClN3O2/c14-12-5-10(11(15)7-16-12)13(19)17-6-8-1-3-9(18)4-2-8/h5,7-9,18H,1-4,6,15H2,(H,17,19). The molecule has 1 aromatic heterocycles. The van der Waals surface area contributed by atoms with E-state index in [1.165, 1.54) is 12.3 Å². The highest BCUT2D eigenvalue weighted by atomic mass is 35.5. The number of amides is 1. The van der Waals surface area contributed by atoms with Gasteiger partial charge < -0.3 is 16.2 Å². The fraction of sp³-hybridized carbons (Fsp3) is 0.538. The van der Waals surface area contributed by atoms with E-state index in [2.05, 4.69) is 10.3 Å². The second-order valence-electron chi connectivity index (χ2n) is 4.98. The van der Waals surface area contributed by atoms with Gasteiger partial charge in [0, 0.05) is 6.54 Å². The van der Waals surface area contributed by atoms with Crippen LogP contribution in [0.3, 0.4) is 0 Å². The fourth-order valence-electron chi connectivity index (χ4n) is 2.32. The second kappa shape index (κ2) is 6.21. The molecule has 1 amide bonds. The first-order valence-corrected chi connectivity index (χ1v) is 6.81. The summed E-state index contributed by atoms with van der Waals surface area (Å²) in [4.78, 5) is 15.8. The molecule has 1 fully saturated rings. The number of carbonyl (C=O) groups excluding carboxylic acids is 1. The molecule has 104 valence electrons. The number of aliphatic hydroxyl groups is 1. The highest BCUT2D eigenvalue weighted by molar-refractivity contribution is 6.29. The number of aromatic nitrogens is 1. The molecule has 0 spiro atoms. The number of nitrogens with two attached hydrogens (primary N) is 1. The van der Waals surface area contributed by atoms with Crippen LogP contribution in [0.25, 0.3) is 0 Å². The highest BCUT2D eigenvalue weighted by Crippen LogP contribution is 2.23. The van der Waals surface area contributed by atoms with Crippen LogP contribution in [0, 0.1) is 5.92 Å². The molecule has 0 aromatic carbocycles. The van der Waals surface area contributed by atoms with Crippen LogP contribution < -0.4 is 11.1 Å². The first kappa shape index (κ1) is 14.1. The molecule has 5 nitrogen and oxygen atoms in total. The maximum absolute atomic E-state index is 12.0. The van der Waals surface area contributed by atoms with Gasteiger partial charge in [0.2, 0.25) is 0 Å². The molecule has 0 bridgehead atoms. The van der Waals surface area contributed by atoms with Gasteiger partial charge in [-0.3, -0.25) is 4.79 Å². The first-order valence-electron chi connectivity index (χ1n) is 6.43. The number of nitrogens with one attached hydrogen (secondary N) is 1. The van der Waals surface area contributed by atoms with Crippen molar-refractivity contribution in [2.24, 2.45) is 5.92 Å². The number of rotatable bonds is 3. The van der Waals surface area contributed by atoms with Crippen LogP contribution in [-0.4, -0.2) is 28.6 Å². The van der Waals surface area contributed by atoms with Crippen molar-refractivity contribution in [1.82, 2.24) is 10.3 Å². The Labute approximate surface area is 117 Å². The zero-order chi connectivity index (χ0) is 13.8. The topological polar surface area (TPSA) is 88.2 Å². The van der Waals surface area contributed by atoms with Crippen molar-refractivity contribution >= 4 is 23.2 Å². The summed E-state index contributed by atoms with van der Waals surface area (Å²) < 4.78 is 0. The van der Waals surface area contributed by atoms with E-state index >= 15 is 0 Å². The number of carbonyl (C=O) groups is 1. The lowest BCUT2D eigenvalue weighted by Crippen LogP contribution is -2.32. The van der Waals surface area contributed by atoms with Gasteiger partial charge in [0.05, 0.1) is 23.6 Å². The summed E-state index contributed by atoms with van der Waals surface area (Å²) in [5.74, 6) is 0.193. The van der Waals surface area contributed by atoms with Crippen molar-refractivity contribution in [2.45, 2.75) is 31.8 Å². The minimum absolute atomic E-state index is 0.179. The maximum Gasteiger partial charge on any atom is 0.253 e. The summed E-state index contributed by atoms with van der Waals surface area (Å²) in [7, 11) is 0. The van der Waals surface area contributed by atoms with Crippen LogP contribution in [0.1, 0.15) is 36.0 Å². The van der Waals surface area contributed by atoms with E-state index in [-0.39, 0.29) is 17.2 Å². The Balaban J connectivity index is 1.89. The van der Waals surface area contributed by atoms with E-state index in [1.807, 2.05) is 0 Å². The van der Waals surface area contributed by atoms with Gasteiger partial charge in [0.25, 0.3) is 5.91 Å². The monoisotopic (exact) mass is 283 g/mol. The molecule has 1 heterocycles. The second-order valence-corrected chi connectivity index (χ2v) is 5.37. The molecule has 1 saturated carbocycles. The van der Waals surface area contributed by atoms with Gasteiger partial charge in [0.15, 0.2) is 0 Å². The van der Waals surface area contributed by atoms with Gasteiger partial charge in [-0.25, -0.2) is 4.98 Å². The number of anilines is 1. The SMILES string of the molecule is Nc1cnc(Cl)cc1C(=O)NCC1CCC(O)CC1. The van der Waals surface area contributed by atoms with Crippen LogP contribution in [-0.2, 0) is 0 Å². The summed E-state index contributed by atoms with van der Waals surface area (Å²) in [6.07, 6.45) is 4.70. The lowest BCUT2D eigenvalue weighted by molar-refractivity contribution is 0.0911. The smallest absolute Gasteiger partial charge is 0.253 e. The molecule has 2 rings (SSSR count). The van der Waals surface area contributed by atoms with Crippen LogP contribution in [0.4, 0.5) is 5.69 Å². The lowest BCUT2D eigenvalue weighted by Gasteiger charge is -2.25. The molecular weight excluding hydrogens is 266 g/mol. The Morgan fingerprint density at radius 2 is 2.16 bits per heavy atom. The van der Waals surface area contributed by atoms with E-state index in [1.54, 1.807) is 0 Å². The number of aliphatic hydroxyl groups excluding tert-OH is 1. The Morgan fingerprint density at radius 3 is 2.84 bits per heavy atom. The van der Waals surface area contributed by atoms with Crippen molar-refractivity contribution in [3.8, 4) is 0 Å². The normalized spacial score (nSPS) is 23.1. The molecule has 1 aliphatic carbocycles. The van der Waals surface area contributed by atoms with Gasteiger partial charge in [0.1, 0.15) is 5.15 Å². The van der Waals surface area contributed by atoms with Crippen LogP contribution >= 0.6 is 11.6 Å². The molecule has 0 unspecified atom stereocenters. The fourth-order valence-corrected chi connectivity index (χ4v) is 2.48. The number of hydrogen-bond donors (Lipinski definition) is 3. The van der Waals surface area contributed by atoms with E-state index in [9.17, 15) is 9.90 Å². The van der Waals surface area contributed by atoms with Crippen molar-refractivity contribution in [3.05, 3.63) is 23.0 Å². The number of nitrogens with zero attached hydrogens (tertiary/aromatic N) is 1. The molecule has 0 saturated heterocycles. The quantitative estimate of drug-likeness (QED) is 0.735. The van der Waals surface area contributed by atoms with Crippen molar-refractivity contribution in [1.29, 1.82) is 0 Å². The largest absolute Gasteiger partial charge is 0.397 e. The minimum atomic E-state index is -0.229. The van der Waals surface area contributed by atoms with E-state index in [0.717, 1.165) is 25.7 Å². The Bertz CT molecular complexity index is 459. The van der Waals surface area contributed by atoms with Crippen LogP contribution in [0.15, 0.2) is 12.3 Å². The number of hydrogen-bond acceptors (Lipinski definition) is 4. The zero-order valence-electron chi connectivity index (χ0n) is 10.6. The Morgan fingerprint density at radius 1 is 1.47 bits per heavy atom. The lowest BCUT2D eigenvalue weighted by atomic mass is 9.87. The molecule has 19 heavy (non-hydrogen) atoms. The van der Waals surface area contributed by atoms with Gasteiger partial charge in [-0.1, -0.05) is 11.6 Å². The summed E-state index contributed by atoms with van der Waals surface area (Å²) in [6.45, 7) is 0.602. The van der Waals surface area contributed by atoms with E-state index < -0.39 is 0 Å². The third kappa shape index (κ3) is 3.81. The van der Waals surface area contributed by atoms with Gasteiger partial charge in [-0.2, -0.15) is 0 Å². The Hall–Kier alpha value is -1.33. The molecule has 4 N–H and O–H groups in total. The van der Waals surface area contributed by atoms with Crippen LogP contribution in [0.2, 0.25) is 5.15 Å². The minimum Gasteiger partial charge on any atom is -0.397 e. The summed E-state index contributed by atoms with van der Waals surface area (Å²) in [6, 6.07) is 1.47. The van der Waals surface area contributed by atoms with Gasteiger partial charge in [-0.15, -0.1) is 0 Å². The van der Waals surface area contributed by atoms with Gasteiger partial charge >= 0.3 is 0 Å². The maximum atomic E-state index is 12.0. The number of halogens is 1. The molecule has 6 heteroatoms. The van der Waals surface area contributed by atoms with E-state index in [4.69, 9.17) is 17.3 Å². The summed E-state index contributed by atoms with van der Waals surface area (Å²) in [5.41, 5.74) is 6.38. The van der Waals surface area contributed by atoms with Gasteiger partial charge in [-0.05, 0) is 37.7 Å². The number of pyridine rings is 1. The third-order valence-corrected chi connectivity index (χ3v) is 3.72. The van der Waals surface area contributed by atoms with Crippen LogP contribution in [0.5, 0.6) is 0 Å². The summed E-state index contributed by atoms with van der Waals surface area (Å²) >= 11 is 5.75. The number of nitrogen functional groups attached to an aromatic ring is 1. The van der Waals surface area contributed by atoms with E-state index in [0.29, 0.717) is 23.7 Å². The third-order valence-electron chi connectivity index (χ3n) is 3.51. The van der Waals surface area contributed by atoms with Crippen molar-refractivity contribution in [2.75, 3.05) is 12.3 Å². The van der Waals surface area contributed by atoms with Crippen molar-refractivity contribution < 1.29 is 9.90 Å². The Kier molecular flexibility index (Phi) is 4.61. The zero-order valence-corrected chi connectivity index (χ0v) is 11.4. The first-order chi connectivity index (χ1) is 9.06. The molecule has 0 aliphatic heterocycles. The van der Waals surface area contributed by atoms with Crippen molar-refractivity contribution in [3.63, 3.8) is 0 Å². The predicted octanol–water partition coefficient (Wildman–Crippen LogP) is 1.60. The average Bonchev–Trinajstić information content (AvgIpc) is 2.40. The molecule has 1 aliphatic rings. The molecule has 0 radical (unpaired) electrons.